The minimum Gasteiger partial charge on any atom is -0.491 e. The fourth-order valence-electron chi connectivity index (χ4n) is 5.71. The second kappa shape index (κ2) is 10.4. The van der Waals surface area contributed by atoms with Crippen LogP contribution >= 0.6 is 0 Å². The van der Waals surface area contributed by atoms with Gasteiger partial charge in [0, 0.05) is 45.3 Å². The average molecular weight is 494 g/mol. The SMILES string of the molecule is O=C1c2ccc(O[C@H]3CCN(C4COC4)C3)cc2OCCN1C[C@H](O)CN1CCc2ccccc2C1. The molecule has 36 heavy (non-hydrogen) atoms. The Morgan fingerprint density at radius 2 is 1.92 bits per heavy atom. The molecule has 2 aromatic carbocycles. The second-order valence-corrected chi connectivity index (χ2v) is 10.4. The summed E-state index contributed by atoms with van der Waals surface area (Å²) in [6, 6.07) is 14.5. The maximum atomic E-state index is 13.3. The number of aliphatic hydroxyl groups is 1. The quantitative estimate of drug-likeness (QED) is 0.631. The first-order valence-corrected chi connectivity index (χ1v) is 13.1. The molecule has 0 saturated carbocycles. The Morgan fingerprint density at radius 3 is 2.75 bits per heavy atom. The van der Waals surface area contributed by atoms with Crippen molar-refractivity contribution in [3.05, 3.63) is 59.2 Å². The summed E-state index contributed by atoms with van der Waals surface area (Å²) in [5, 5.41) is 10.8. The van der Waals surface area contributed by atoms with Crippen molar-refractivity contribution < 1.29 is 24.1 Å². The molecule has 0 radical (unpaired) electrons. The molecule has 192 valence electrons. The molecule has 8 heteroatoms. The molecule has 2 atom stereocenters. The molecule has 2 saturated heterocycles. The summed E-state index contributed by atoms with van der Waals surface area (Å²) in [5.74, 6) is 1.19. The van der Waals surface area contributed by atoms with Crippen LogP contribution in [0.15, 0.2) is 42.5 Å². The average Bonchev–Trinajstić information content (AvgIpc) is 3.23. The largest absolute Gasteiger partial charge is 0.491 e. The van der Waals surface area contributed by atoms with Gasteiger partial charge in [0.2, 0.25) is 0 Å². The van der Waals surface area contributed by atoms with Gasteiger partial charge in [0.05, 0.1) is 37.5 Å². The number of benzene rings is 2. The van der Waals surface area contributed by atoms with Crippen molar-refractivity contribution >= 4 is 5.91 Å². The van der Waals surface area contributed by atoms with Gasteiger partial charge < -0.3 is 24.2 Å². The number of hydrogen-bond acceptors (Lipinski definition) is 7. The van der Waals surface area contributed by atoms with E-state index in [0.717, 1.165) is 58.0 Å². The molecule has 1 N–H and O–H groups in total. The fourth-order valence-corrected chi connectivity index (χ4v) is 5.71. The third-order valence-corrected chi connectivity index (χ3v) is 7.82. The predicted octanol–water partition coefficient (Wildman–Crippen LogP) is 1.79. The first-order valence-electron chi connectivity index (χ1n) is 13.1. The van der Waals surface area contributed by atoms with Crippen molar-refractivity contribution in [1.82, 2.24) is 14.7 Å². The van der Waals surface area contributed by atoms with E-state index in [1.54, 1.807) is 11.0 Å². The van der Waals surface area contributed by atoms with Crippen molar-refractivity contribution in [2.75, 3.05) is 59.1 Å². The van der Waals surface area contributed by atoms with Crippen molar-refractivity contribution in [2.45, 2.75) is 37.6 Å². The number of likely N-dealkylation sites (tertiary alicyclic amines) is 1. The Morgan fingerprint density at radius 1 is 1.06 bits per heavy atom. The van der Waals surface area contributed by atoms with E-state index >= 15 is 0 Å². The van der Waals surface area contributed by atoms with Gasteiger partial charge in [-0.3, -0.25) is 14.6 Å². The number of carbonyl (C=O) groups is 1. The van der Waals surface area contributed by atoms with Gasteiger partial charge in [-0.15, -0.1) is 0 Å². The van der Waals surface area contributed by atoms with Gasteiger partial charge in [-0.1, -0.05) is 24.3 Å². The van der Waals surface area contributed by atoms with Crippen LogP contribution in [0.25, 0.3) is 0 Å². The third kappa shape index (κ3) is 5.09. The van der Waals surface area contributed by atoms with Crippen LogP contribution in [0.5, 0.6) is 11.5 Å². The van der Waals surface area contributed by atoms with Gasteiger partial charge in [-0.2, -0.15) is 0 Å². The van der Waals surface area contributed by atoms with E-state index in [1.165, 1.54) is 11.1 Å². The summed E-state index contributed by atoms with van der Waals surface area (Å²) in [5.41, 5.74) is 3.24. The number of amides is 1. The Labute approximate surface area is 212 Å². The number of fused-ring (bicyclic) bond motifs is 2. The minimum atomic E-state index is -0.616. The van der Waals surface area contributed by atoms with E-state index in [9.17, 15) is 9.90 Å². The standard InChI is InChI=1S/C28H35N3O5/c32-23(15-29-9-7-20-3-1-2-4-21(20)14-29)16-31-11-12-35-27-13-24(5-6-26(27)28(31)33)36-25-8-10-30(17-25)22-18-34-19-22/h1-6,13,22-23,25,32H,7-12,14-19H2/t23-,25+/m1/s1. The molecule has 8 nitrogen and oxygen atoms in total. The van der Waals surface area contributed by atoms with Crippen LogP contribution in [0, 0.1) is 0 Å². The van der Waals surface area contributed by atoms with Crippen LogP contribution in [0.3, 0.4) is 0 Å². The number of aliphatic hydroxyl groups excluding tert-OH is 1. The molecule has 6 rings (SSSR count). The molecule has 4 aliphatic rings. The fraction of sp³-hybridized carbons (Fsp3) is 0.536. The van der Waals surface area contributed by atoms with Gasteiger partial charge in [0.15, 0.2) is 0 Å². The van der Waals surface area contributed by atoms with Crippen LogP contribution < -0.4 is 9.47 Å². The summed E-state index contributed by atoms with van der Waals surface area (Å²) in [6.07, 6.45) is 1.50. The normalized spacial score (nSPS) is 23.9. The van der Waals surface area contributed by atoms with Crippen LogP contribution in [-0.2, 0) is 17.7 Å². The Hall–Kier alpha value is -2.65. The summed E-state index contributed by atoms with van der Waals surface area (Å²) < 4.78 is 17.5. The van der Waals surface area contributed by atoms with Crippen LogP contribution in [0.2, 0.25) is 0 Å². The zero-order chi connectivity index (χ0) is 24.5. The Bertz CT molecular complexity index is 1090. The van der Waals surface area contributed by atoms with Gasteiger partial charge in [-0.05, 0) is 36.1 Å². The minimum absolute atomic E-state index is 0.103. The van der Waals surface area contributed by atoms with Gasteiger partial charge in [0.1, 0.15) is 24.2 Å². The first-order chi connectivity index (χ1) is 17.6. The lowest BCUT2D eigenvalue weighted by Crippen LogP contribution is -2.48. The number of β-amino-alcohol motifs (C(OH)–C–C–N with tert-alkyl or cyclic N) is 1. The van der Waals surface area contributed by atoms with Crippen LogP contribution in [0.4, 0.5) is 0 Å². The van der Waals surface area contributed by atoms with Crippen LogP contribution in [-0.4, -0.2) is 103 Å². The Balaban J connectivity index is 1.05. The van der Waals surface area contributed by atoms with Crippen molar-refractivity contribution in [3.63, 3.8) is 0 Å². The molecule has 0 aromatic heterocycles. The first kappa shape index (κ1) is 23.7. The molecular weight excluding hydrogens is 458 g/mol. The summed E-state index contributed by atoms with van der Waals surface area (Å²) in [4.78, 5) is 19.7. The van der Waals surface area contributed by atoms with Gasteiger partial charge in [0.25, 0.3) is 5.91 Å². The number of carbonyl (C=O) groups excluding carboxylic acids is 1. The molecular formula is C28H35N3O5. The molecule has 0 aliphatic carbocycles. The number of hydrogen-bond donors (Lipinski definition) is 1. The summed E-state index contributed by atoms with van der Waals surface area (Å²) in [6.45, 7) is 7.00. The number of rotatable bonds is 7. The topological polar surface area (TPSA) is 74.7 Å². The highest BCUT2D eigenvalue weighted by molar-refractivity contribution is 5.97. The maximum absolute atomic E-state index is 13.3. The zero-order valence-electron chi connectivity index (χ0n) is 20.7. The van der Waals surface area contributed by atoms with Crippen molar-refractivity contribution in [3.8, 4) is 11.5 Å². The summed E-state index contributed by atoms with van der Waals surface area (Å²) in [7, 11) is 0. The molecule has 2 fully saturated rings. The molecule has 4 aliphatic heterocycles. The van der Waals surface area contributed by atoms with E-state index in [4.69, 9.17) is 14.2 Å². The lowest BCUT2D eigenvalue weighted by Gasteiger charge is -2.34. The lowest BCUT2D eigenvalue weighted by molar-refractivity contribution is -0.0592. The van der Waals surface area contributed by atoms with Gasteiger partial charge >= 0.3 is 0 Å². The lowest BCUT2D eigenvalue weighted by atomic mass is 10.00. The smallest absolute Gasteiger partial charge is 0.257 e. The monoisotopic (exact) mass is 493 g/mol. The summed E-state index contributed by atoms with van der Waals surface area (Å²) >= 11 is 0. The number of ether oxygens (including phenoxy) is 3. The highest BCUT2D eigenvalue weighted by Crippen LogP contribution is 2.30. The van der Waals surface area contributed by atoms with E-state index in [0.29, 0.717) is 43.6 Å². The molecule has 0 unspecified atom stereocenters. The molecule has 0 bridgehead atoms. The third-order valence-electron chi connectivity index (χ3n) is 7.82. The molecule has 4 heterocycles. The van der Waals surface area contributed by atoms with E-state index in [1.807, 2.05) is 12.1 Å². The molecule has 1 amide bonds. The van der Waals surface area contributed by atoms with Crippen molar-refractivity contribution in [2.24, 2.45) is 0 Å². The predicted molar refractivity (Wildman–Crippen MR) is 134 cm³/mol. The van der Waals surface area contributed by atoms with E-state index < -0.39 is 6.10 Å². The number of nitrogens with zero attached hydrogens (tertiary/aromatic N) is 3. The molecule has 0 spiro atoms. The van der Waals surface area contributed by atoms with Crippen LogP contribution in [0.1, 0.15) is 27.9 Å². The maximum Gasteiger partial charge on any atom is 0.257 e. The van der Waals surface area contributed by atoms with E-state index in [-0.39, 0.29) is 12.0 Å². The second-order valence-electron chi connectivity index (χ2n) is 10.4. The highest BCUT2D eigenvalue weighted by Gasteiger charge is 2.33. The van der Waals surface area contributed by atoms with Crippen molar-refractivity contribution in [1.29, 1.82) is 0 Å². The van der Waals surface area contributed by atoms with E-state index in [2.05, 4.69) is 34.1 Å². The Kier molecular flexibility index (Phi) is 6.84. The van der Waals surface area contributed by atoms with Gasteiger partial charge in [-0.25, -0.2) is 0 Å². The zero-order valence-corrected chi connectivity index (χ0v) is 20.7. The highest BCUT2D eigenvalue weighted by atomic mass is 16.5. The molecule has 2 aromatic rings.